The summed E-state index contributed by atoms with van der Waals surface area (Å²) in [6, 6.07) is 9.63. The lowest BCUT2D eigenvalue weighted by molar-refractivity contribution is -0.0992. The van der Waals surface area contributed by atoms with E-state index in [1.54, 1.807) is 12.1 Å². The molecule has 2 nitrogen and oxygen atoms in total. The summed E-state index contributed by atoms with van der Waals surface area (Å²) in [7, 11) is 0. The minimum Gasteiger partial charge on any atom is -0.490 e. The molecule has 5 heteroatoms. The van der Waals surface area contributed by atoms with Gasteiger partial charge in [-0.15, -0.1) is 0 Å². The summed E-state index contributed by atoms with van der Waals surface area (Å²) in [6.45, 7) is -1.42. The van der Waals surface area contributed by atoms with Gasteiger partial charge < -0.3 is 9.47 Å². The van der Waals surface area contributed by atoms with Crippen molar-refractivity contribution in [2.75, 3.05) is 13.2 Å². The van der Waals surface area contributed by atoms with Crippen molar-refractivity contribution in [3.05, 3.63) is 64.2 Å². The zero-order chi connectivity index (χ0) is 22.2. The zero-order valence-corrected chi connectivity index (χ0v) is 16.3. The Balaban J connectivity index is 1.73. The molecule has 1 saturated heterocycles. The van der Waals surface area contributed by atoms with E-state index in [-0.39, 0.29) is 36.4 Å². The number of rotatable bonds is 5. The van der Waals surface area contributed by atoms with Crippen LogP contribution in [0.3, 0.4) is 0 Å². The van der Waals surface area contributed by atoms with E-state index in [0.717, 1.165) is 17.7 Å². The molecule has 0 spiro atoms. The van der Waals surface area contributed by atoms with Crippen molar-refractivity contribution in [3.63, 3.8) is 0 Å². The lowest BCUT2D eigenvalue weighted by Crippen LogP contribution is -2.54. The molecule has 0 aromatic heterocycles. The van der Waals surface area contributed by atoms with E-state index in [9.17, 15) is 4.39 Å². The fourth-order valence-corrected chi connectivity index (χ4v) is 4.93. The first kappa shape index (κ1) is 16.2. The van der Waals surface area contributed by atoms with Gasteiger partial charge in [0.1, 0.15) is 5.82 Å². The topological polar surface area (TPSA) is 18.5 Å². The summed E-state index contributed by atoms with van der Waals surface area (Å²) in [6.07, 6.45) is 1.80. The third-order valence-electron chi connectivity index (χ3n) is 6.10. The van der Waals surface area contributed by atoms with Crippen molar-refractivity contribution in [2.45, 2.75) is 50.5 Å². The van der Waals surface area contributed by atoms with E-state index in [4.69, 9.17) is 25.2 Å². The largest absolute Gasteiger partial charge is 0.490 e. The van der Waals surface area contributed by atoms with Gasteiger partial charge in [0.25, 0.3) is 0 Å². The molecule has 2 heterocycles. The van der Waals surface area contributed by atoms with Crippen LogP contribution in [0.15, 0.2) is 36.4 Å². The minimum atomic E-state index is -2.00. The van der Waals surface area contributed by atoms with Crippen molar-refractivity contribution in [2.24, 2.45) is 5.92 Å². The predicted molar refractivity (Wildman–Crippen MR) is 106 cm³/mol. The molecule has 0 aliphatic carbocycles. The van der Waals surface area contributed by atoms with Crippen molar-refractivity contribution >= 4 is 11.6 Å². The van der Waals surface area contributed by atoms with Crippen LogP contribution in [0.4, 0.5) is 8.78 Å². The third-order valence-corrected chi connectivity index (χ3v) is 6.35. The molecule has 0 N–H and O–H groups in total. The molecule has 2 aromatic rings. The number of hydrogen-bond donors (Lipinski definition) is 0. The predicted octanol–water partition coefficient (Wildman–Crippen LogP) is 6.09. The van der Waals surface area contributed by atoms with Gasteiger partial charge in [-0.1, -0.05) is 43.4 Å². The van der Waals surface area contributed by atoms with Gasteiger partial charge in [-0.05, 0) is 49.1 Å². The molecular formula is C23H25ClF2O2. The molecule has 0 bridgehead atoms. The van der Waals surface area contributed by atoms with Gasteiger partial charge in [-0.2, -0.15) is 0 Å². The molecule has 4 rings (SSSR count). The van der Waals surface area contributed by atoms with Crippen molar-refractivity contribution in [1.29, 1.82) is 0 Å². The van der Waals surface area contributed by atoms with E-state index in [1.165, 1.54) is 0 Å². The molecule has 0 saturated carbocycles. The standard InChI is InChI=1S/C23H25ClF2O2/c1-2-3-4-20-17-14-28-22-19(26)10-9-18(25)21(22)23(17,11-12-27-20)13-15-5-7-16(24)8-6-15/h5-10,17,20H,2-4,11-14H2,1H3/t17-,20-,23-/m0/s1/i1D3. The number of hydrogen-bond acceptors (Lipinski definition) is 2. The van der Waals surface area contributed by atoms with Crippen molar-refractivity contribution in [1.82, 2.24) is 0 Å². The Morgan fingerprint density at radius 3 is 2.75 bits per heavy atom. The maximum absolute atomic E-state index is 15.2. The highest BCUT2D eigenvalue weighted by atomic mass is 35.5. The van der Waals surface area contributed by atoms with Crippen LogP contribution in [-0.4, -0.2) is 19.3 Å². The molecule has 2 aliphatic heterocycles. The van der Waals surface area contributed by atoms with Crippen LogP contribution in [-0.2, 0) is 16.6 Å². The Kier molecular flexibility index (Phi) is 4.62. The molecule has 150 valence electrons. The summed E-state index contributed by atoms with van der Waals surface area (Å²) in [5.74, 6) is -1.31. The first-order valence-corrected chi connectivity index (χ1v) is 10.0. The average molecular weight is 410 g/mol. The molecule has 0 amide bonds. The second-order valence-corrected chi connectivity index (χ2v) is 8.10. The maximum atomic E-state index is 15.2. The molecular weight excluding hydrogens is 382 g/mol. The van der Waals surface area contributed by atoms with Gasteiger partial charge in [0.05, 0.1) is 12.7 Å². The quantitative estimate of drug-likeness (QED) is 0.595. The monoisotopic (exact) mass is 409 g/mol. The van der Waals surface area contributed by atoms with E-state index in [2.05, 4.69) is 0 Å². The lowest BCUT2D eigenvalue weighted by atomic mass is 9.60. The van der Waals surface area contributed by atoms with Crippen LogP contribution in [0.5, 0.6) is 5.75 Å². The molecule has 0 radical (unpaired) electrons. The first-order valence-electron chi connectivity index (χ1n) is 11.2. The number of ether oxygens (including phenoxy) is 2. The first-order chi connectivity index (χ1) is 14.7. The fourth-order valence-electron chi connectivity index (χ4n) is 4.80. The van der Waals surface area contributed by atoms with Gasteiger partial charge in [-0.3, -0.25) is 0 Å². The SMILES string of the molecule is [2H]C([2H])([2H])CCC[C@@H]1OCC[C@@]2(Cc3ccc(Cl)cc3)c3c(F)ccc(F)c3OC[C@@H]12. The molecule has 2 aromatic carbocycles. The zero-order valence-electron chi connectivity index (χ0n) is 18.5. The maximum Gasteiger partial charge on any atom is 0.165 e. The third kappa shape index (κ3) is 3.42. The molecule has 0 unspecified atom stereocenters. The summed E-state index contributed by atoms with van der Waals surface area (Å²) in [5.41, 5.74) is 0.521. The molecule has 28 heavy (non-hydrogen) atoms. The summed E-state index contributed by atoms with van der Waals surface area (Å²) < 4.78 is 63.9. The van der Waals surface area contributed by atoms with Gasteiger partial charge in [0.2, 0.25) is 0 Å². The Morgan fingerprint density at radius 2 is 1.96 bits per heavy atom. The van der Waals surface area contributed by atoms with Crippen LogP contribution < -0.4 is 4.74 Å². The van der Waals surface area contributed by atoms with Crippen molar-refractivity contribution in [3.8, 4) is 5.75 Å². The minimum absolute atomic E-state index is 0.0200. The molecule has 3 atom stereocenters. The number of benzene rings is 2. The second-order valence-electron chi connectivity index (χ2n) is 7.66. The van der Waals surface area contributed by atoms with Gasteiger partial charge >= 0.3 is 0 Å². The highest BCUT2D eigenvalue weighted by Crippen LogP contribution is 2.52. The number of fused-ring (bicyclic) bond motifs is 3. The highest BCUT2D eigenvalue weighted by Gasteiger charge is 2.53. The molecule has 1 fully saturated rings. The Bertz CT molecular complexity index is 936. The molecule has 2 aliphatic rings. The second kappa shape index (κ2) is 8.00. The van der Waals surface area contributed by atoms with E-state index >= 15 is 4.39 Å². The Hall–Kier alpha value is -1.65. The van der Waals surface area contributed by atoms with E-state index < -0.39 is 23.9 Å². The summed E-state index contributed by atoms with van der Waals surface area (Å²) in [4.78, 5) is 0. The van der Waals surface area contributed by atoms with Gasteiger partial charge in [0.15, 0.2) is 11.6 Å². The summed E-state index contributed by atoms with van der Waals surface area (Å²) in [5, 5.41) is 0.608. The number of halogens is 3. The lowest BCUT2D eigenvalue weighted by Gasteiger charge is -2.51. The highest BCUT2D eigenvalue weighted by molar-refractivity contribution is 6.30. The summed E-state index contributed by atoms with van der Waals surface area (Å²) >= 11 is 6.04. The van der Waals surface area contributed by atoms with Crippen LogP contribution in [0.25, 0.3) is 0 Å². The van der Waals surface area contributed by atoms with E-state index in [1.807, 2.05) is 12.1 Å². The van der Waals surface area contributed by atoms with Crippen LogP contribution in [0, 0.1) is 17.6 Å². The normalized spacial score (nSPS) is 28.3. The average Bonchev–Trinajstić information content (AvgIpc) is 2.71. The van der Waals surface area contributed by atoms with E-state index in [0.29, 0.717) is 37.3 Å². The van der Waals surface area contributed by atoms with Crippen LogP contribution in [0.2, 0.25) is 5.02 Å². The Labute approximate surface area is 174 Å². The van der Waals surface area contributed by atoms with Gasteiger partial charge in [-0.25, -0.2) is 8.78 Å². The smallest absolute Gasteiger partial charge is 0.165 e. The Morgan fingerprint density at radius 1 is 1.18 bits per heavy atom. The fraction of sp³-hybridized carbons (Fsp3) is 0.478. The van der Waals surface area contributed by atoms with Crippen LogP contribution >= 0.6 is 11.6 Å². The van der Waals surface area contributed by atoms with Crippen LogP contribution in [0.1, 0.15) is 47.8 Å². The van der Waals surface area contributed by atoms with Gasteiger partial charge in [0, 0.05) is 32.6 Å². The van der Waals surface area contributed by atoms with Crippen molar-refractivity contribution < 1.29 is 22.4 Å².